The summed E-state index contributed by atoms with van der Waals surface area (Å²) >= 11 is 0. The van der Waals surface area contributed by atoms with E-state index in [2.05, 4.69) is 23.8 Å². The van der Waals surface area contributed by atoms with Crippen molar-refractivity contribution in [1.82, 2.24) is 10.2 Å². The van der Waals surface area contributed by atoms with E-state index in [9.17, 15) is 4.79 Å². The van der Waals surface area contributed by atoms with Gasteiger partial charge >= 0.3 is 0 Å². The van der Waals surface area contributed by atoms with Gasteiger partial charge in [0.15, 0.2) is 0 Å². The van der Waals surface area contributed by atoms with Gasteiger partial charge in [0.2, 0.25) is 5.91 Å². The fourth-order valence-corrected chi connectivity index (χ4v) is 5.83. The number of likely N-dealkylation sites (N-methyl/N-ethyl adjacent to an activating group) is 1. The third-order valence-corrected chi connectivity index (χ3v) is 6.86. The Morgan fingerprint density at radius 2 is 1.46 bits per heavy atom. The van der Waals surface area contributed by atoms with Crippen LogP contribution in [0.1, 0.15) is 38.5 Å². The van der Waals surface area contributed by atoms with Crippen molar-refractivity contribution < 1.29 is 19.0 Å². The summed E-state index contributed by atoms with van der Waals surface area (Å²) in [5, 5.41) is 2.66. The summed E-state index contributed by atoms with van der Waals surface area (Å²) in [6.07, 6.45) is 9.97. The highest BCUT2D eigenvalue weighted by molar-refractivity contribution is 5.86. The Morgan fingerprint density at radius 3 is 2.00 bits per heavy atom. The molecule has 4 aliphatic rings. The topological polar surface area (TPSA) is 60.0 Å². The standard InChI is InChI=1S/C22H38N2O4/c1-3-21(25)23-4-6-26-8-10-28-11-9-27-7-5-24(2)22-15-18-12-19(16-22)14-20(13-18)17-22/h3,18-20H,1,4-17H2,2H3,(H,23,25). The molecule has 1 amide bonds. The molecule has 28 heavy (non-hydrogen) atoms. The van der Waals surface area contributed by atoms with E-state index in [1.165, 1.54) is 44.6 Å². The largest absolute Gasteiger partial charge is 0.378 e. The van der Waals surface area contributed by atoms with Gasteiger partial charge in [0.05, 0.1) is 39.6 Å². The molecule has 1 N–H and O–H groups in total. The molecule has 4 rings (SSSR count). The lowest BCUT2D eigenvalue weighted by Crippen LogP contribution is -2.59. The van der Waals surface area contributed by atoms with E-state index in [0.717, 1.165) is 30.9 Å². The molecule has 0 spiro atoms. The normalized spacial score (nSPS) is 30.7. The number of ether oxygens (including phenoxy) is 3. The van der Waals surface area contributed by atoms with Gasteiger partial charge in [-0.3, -0.25) is 9.69 Å². The van der Waals surface area contributed by atoms with E-state index in [1.54, 1.807) is 0 Å². The zero-order valence-electron chi connectivity index (χ0n) is 17.5. The van der Waals surface area contributed by atoms with Crippen molar-refractivity contribution in [2.24, 2.45) is 17.8 Å². The molecule has 4 fully saturated rings. The summed E-state index contributed by atoms with van der Waals surface area (Å²) < 4.78 is 16.7. The molecule has 160 valence electrons. The predicted molar refractivity (Wildman–Crippen MR) is 109 cm³/mol. The SMILES string of the molecule is C=CC(=O)NCCOCCOCCOCCN(C)C12CC3CC(CC(C3)C1)C2. The second-order valence-electron chi connectivity index (χ2n) is 8.90. The maximum absolute atomic E-state index is 10.9. The number of hydrogen-bond acceptors (Lipinski definition) is 5. The second kappa shape index (κ2) is 10.7. The lowest BCUT2D eigenvalue weighted by Gasteiger charge is -2.60. The van der Waals surface area contributed by atoms with E-state index in [4.69, 9.17) is 14.2 Å². The quantitative estimate of drug-likeness (QED) is 0.362. The number of carbonyl (C=O) groups is 1. The van der Waals surface area contributed by atoms with Crippen LogP contribution in [0.15, 0.2) is 12.7 Å². The van der Waals surface area contributed by atoms with Gasteiger partial charge < -0.3 is 19.5 Å². The van der Waals surface area contributed by atoms with Crippen LogP contribution in [0.3, 0.4) is 0 Å². The number of amides is 1. The maximum Gasteiger partial charge on any atom is 0.243 e. The molecule has 0 aliphatic heterocycles. The van der Waals surface area contributed by atoms with Crippen LogP contribution < -0.4 is 5.32 Å². The zero-order valence-corrected chi connectivity index (χ0v) is 17.5. The lowest BCUT2D eigenvalue weighted by atomic mass is 9.52. The van der Waals surface area contributed by atoms with Crippen molar-refractivity contribution in [3.63, 3.8) is 0 Å². The van der Waals surface area contributed by atoms with Crippen LogP contribution in [0.2, 0.25) is 0 Å². The minimum Gasteiger partial charge on any atom is -0.378 e. The van der Waals surface area contributed by atoms with Gasteiger partial charge in [-0.15, -0.1) is 0 Å². The Balaban J connectivity index is 1.15. The first-order chi connectivity index (χ1) is 13.6. The predicted octanol–water partition coefficient (Wildman–Crippen LogP) is 2.24. The molecule has 0 aromatic carbocycles. The van der Waals surface area contributed by atoms with Crippen molar-refractivity contribution in [1.29, 1.82) is 0 Å². The van der Waals surface area contributed by atoms with Crippen LogP contribution in [0.25, 0.3) is 0 Å². The lowest BCUT2D eigenvalue weighted by molar-refractivity contribution is -0.116. The number of nitrogens with zero attached hydrogens (tertiary/aromatic N) is 1. The first-order valence-electron chi connectivity index (χ1n) is 11.0. The first kappa shape index (κ1) is 21.8. The third-order valence-electron chi connectivity index (χ3n) is 6.86. The van der Waals surface area contributed by atoms with Gasteiger partial charge in [-0.25, -0.2) is 0 Å². The molecule has 0 heterocycles. The van der Waals surface area contributed by atoms with Crippen molar-refractivity contribution >= 4 is 5.91 Å². The third kappa shape index (κ3) is 6.02. The average molecular weight is 395 g/mol. The fraction of sp³-hybridized carbons (Fsp3) is 0.864. The van der Waals surface area contributed by atoms with Crippen LogP contribution in [0.5, 0.6) is 0 Å². The Hall–Kier alpha value is -0.950. The van der Waals surface area contributed by atoms with Crippen LogP contribution in [-0.2, 0) is 19.0 Å². The van der Waals surface area contributed by atoms with Gasteiger partial charge in [-0.2, -0.15) is 0 Å². The minimum atomic E-state index is -0.175. The number of carbonyl (C=O) groups excluding carboxylic acids is 1. The Kier molecular flexibility index (Phi) is 8.33. The maximum atomic E-state index is 10.9. The molecule has 0 aromatic rings. The van der Waals surface area contributed by atoms with Gasteiger partial charge in [0.25, 0.3) is 0 Å². The van der Waals surface area contributed by atoms with Crippen LogP contribution in [0, 0.1) is 17.8 Å². The van der Waals surface area contributed by atoms with Gasteiger partial charge in [0.1, 0.15) is 0 Å². The molecule has 0 atom stereocenters. The molecule has 4 saturated carbocycles. The molecule has 6 heteroatoms. The first-order valence-corrected chi connectivity index (χ1v) is 11.0. The van der Waals surface area contributed by atoms with Crippen molar-refractivity contribution in [3.8, 4) is 0 Å². The molecule has 4 aliphatic carbocycles. The zero-order chi connectivity index (χ0) is 19.8. The monoisotopic (exact) mass is 394 g/mol. The molecular formula is C22H38N2O4. The number of hydrogen-bond donors (Lipinski definition) is 1. The van der Waals surface area contributed by atoms with Crippen LogP contribution in [-0.4, -0.2) is 76.1 Å². The van der Waals surface area contributed by atoms with Gasteiger partial charge in [-0.05, 0) is 69.4 Å². The fourth-order valence-electron chi connectivity index (χ4n) is 5.83. The molecule has 0 saturated heterocycles. The van der Waals surface area contributed by atoms with E-state index in [0.29, 0.717) is 45.1 Å². The average Bonchev–Trinajstić information content (AvgIpc) is 2.67. The van der Waals surface area contributed by atoms with Crippen molar-refractivity contribution in [2.45, 2.75) is 44.1 Å². The van der Waals surface area contributed by atoms with Crippen LogP contribution >= 0.6 is 0 Å². The Bertz CT molecular complexity index is 475. The van der Waals surface area contributed by atoms with Crippen LogP contribution in [0.4, 0.5) is 0 Å². The number of nitrogens with one attached hydrogen (secondary N) is 1. The molecule has 0 radical (unpaired) electrons. The van der Waals surface area contributed by atoms with Gasteiger partial charge in [-0.1, -0.05) is 6.58 Å². The summed E-state index contributed by atoms with van der Waals surface area (Å²) in [4.78, 5) is 13.6. The summed E-state index contributed by atoms with van der Waals surface area (Å²) in [6.45, 7) is 8.46. The highest BCUT2D eigenvalue weighted by Gasteiger charge is 2.52. The highest BCUT2D eigenvalue weighted by Crippen LogP contribution is 2.57. The minimum absolute atomic E-state index is 0.175. The van der Waals surface area contributed by atoms with Gasteiger partial charge in [0, 0.05) is 18.6 Å². The van der Waals surface area contributed by atoms with E-state index >= 15 is 0 Å². The Morgan fingerprint density at radius 1 is 0.964 bits per heavy atom. The molecule has 0 unspecified atom stereocenters. The second-order valence-corrected chi connectivity index (χ2v) is 8.90. The summed E-state index contributed by atoms with van der Waals surface area (Å²) in [5.41, 5.74) is 0.469. The summed E-state index contributed by atoms with van der Waals surface area (Å²) in [5.74, 6) is 2.79. The molecule has 6 nitrogen and oxygen atoms in total. The van der Waals surface area contributed by atoms with E-state index in [-0.39, 0.29) is 5.91 Å². The summed E-state index contributed by atoms with van der Waals surface area (Å²) in [7, 11) is 2.31. The van der Waals surface area contributed by atoms with Crippen molar-refractivity contribution in [2.75, 3.05) is 59.8 Å². The molecular weight excluding hydrogens is 356 g/mol. The van der Waals surface area contributed by atoms with E-state index in [1.807, 2.05) is 0 Å². The highest BCUT2D eigenvalue weighted by atomic mass is 16.5. The molecule has 4 bridgehead atoms. The summed E-state index contributed by atoms with van der Waals surface area (Å²) in [6, 6.07) is 0. The van der Waals surface area contributed by atoms with E-state index < -0.39 is 0 Å². The smallest absolute Gasteiger partial charge is 0.243 e. The molecule has 0 aromatic heterocycles. The van der Waals surface area contributed by atoms with Crippen molar-refractivity contribution in [3.05, 3.63) is 12.7 Å². The Labute approximate surface area is 170 Å². The number of rotatable bonds is 14.